The number of Topliss-reactive ketones (excluding diaryl/α,β-unsaturated/α-hetero) is 1. The topological polar surface area (TPSA) is 70.1 Å². The Kier molecular flexibility index (Phi) is 8.75. The normalized spacial score (nSPS) is 16.7. The summed E-state index contributed by atoms with van der Waals surface area (Å²) in [5.41, 5.74) is 4.05. The first-order chi connectivity index (χ1) is 18.8. The van der Waals surface area contributed by atoms with Crippen LogP contribution in [0, 0.1) is 0 Å². The van der Waals surface area contributed by atoms with Crippen LogP contribution in [0.4, 0.5) is 11.4 Å². The van der Waals surface area contributed by atoms with Crippen molar-refractivity contribution in [3.63, 3.8) is 0 Å². The van der Waals surface area contributed by atoms with Crippen LogP contribution in [0.5, 0.6) is 5.75 Å². The highest BCUT2D eigenvalue weighted by Crippen LogP contribution is 2.43. The molecule has 0 bridgehead atoms. The Balaban J connectivity index is 1.86. The molecule has 1 amide bonds. The fourth-order valence-corrected chi connectivity index (χ4v) is 5.00. The average Bonchev–Trinajstić information content (AvgIpc) is 3.22. The van der Waals surface area contributed by atoms with Crippen LogP contribution >= 0.6 is 0 Å². The Labute approximate surface area is 231 Å². The molecule has 1 N–H and O–H groups in total. The SMILES string of the molecule is CCCOc1cccc(/C(O)=C2/C(=O)C(=O)N(c3ccc(C(C)C)cc3)C2c2ccc(N(CC)CC)cc2)c1. The summed E-state index contributed by atoms with van der Waals surface area (Å²) in [6.07, 6.45) is 0.848. The lowest BCUT2D eigenvalue weighted by Crippen LogP contribution is -2.29. The molecular formula is C33H38N2O4. The van der Waals surface area contributed by atoms with Gasteiger partial charge in [-0.15, -0.1) is 0 Å². The zero-order valence-corrected chi connectivity index (χ0v) is 23.5. The lowest BCUT2D eigenvalue weighted by Gasteiger charge is -2.27. The molecule has 204 valence electrons. The van der Waals surface area contributed by atoms with Crippen molar-refractivity contribution in [2.24, 2.45) is 0 Å². The number of ketones is 1. The summed E-state index contributed by atoms with van der Waals surface area (Å²) in [6.45, 7) is 12.7. The van der Waals surface area contributed by atoms with E-state index >= 15 is 0 Å². The molecule has 0 aliphatic carbocycles. The number of carbonyl (C=O) groups excluding carboxylic acids is 2. The van der Waals surface area contributed by atoms with Crippen LogP contribution in [0.2, 0.25) is 0 Å². The van der Waals surface area contributed by atoms with Crippen molar-refractivity contribution >= 4 is 28.8 Å². The number of aliphatic hydroxyl groups excluding tert-OH is 1. The van der Waals surface area contributed by atoms with Crippen molar-refractivity contribution in [1.29, 1.82) is 0 Å². The van der Waals surface area contributed by atoms with Crippen molar-refractivity contribution in [3.05, 3.63) is 95.1 Å². The maximum atomic E-state index is 13.5. The van der Waals surface area contributed by atoms with Gasteiger partial charge in [-0.2, -0.15) is 0 Å². The Morgan fingerprint density at radius 2 is 1.62 bits per heavy atom. The highest BCUT2D eigenvalue weighted by molar-refractivity contribution is 6.51. The second kappa shape index (κ2) is 12.2. The minimum atomic E-state index is -0.777. The Morgan fingerprint density at radius 3 is 2.21 bits per heavy atom. The summed E-state index contributed by atoms with van der Waals surface area (Å²) in [4.78, 5) is 30.8. The molecule has 1 fully saturated rings. The van der Waals surface area contributed by atoms with Crippen LogP contribution in [-0.4, -0.2) is 36.5 Å². The van der Waals surface area contributed by atoms with Gasteiger partial charge in [0.25, 0.3) is 11.7 Å². The molecule has 0 spiro atoms. The number of benzene rings is 3. The molecule has 0 saturated carbocycles. The molecule has 1 aliphatic heterocycles. The third kappa shape index (κ3) is 5.70. The number of carbonyl (C=O) groups is 2. The number of hydrogen-bond donors (Lipinski definition) is 1. The standard InChI is InChI=1S/C33H38N2O4/c1-6-20-39-28-11-9-10-25(21-28)31(36)29-30(24-14-16-26(17-15-24)34(7-2)8-3)35(33(38)32(29)37)27-18-12-23(13-19-27)22(4)5/h9-19,21-22,30,36H,6-8,20H2,1-5H3/b31-29-. The molecule has 1 unspecified atom stereocenters. The van der Waals surface area contributed by atoms with Gasteiger partial charge in [0.05, 0.1) is 18.2 Å². The number of ether oxygens (including phenoxy) is 1. The fraction of sp³-hybridized carbons (Fsp3) is 0.333. The first-order valence-electron chi connectivity index (χ1n) is 13.8. The van der Waals surface area contributed by atoms with Gasteiger partial charge in [0.1, 0.15) is 11.5 Å². The van der Waals surface area contributed by atoms with Crippen LogP contribution < -0.4 is 14.5 Å². The van der Waals surface area contributed by atoms with E-state index in [0.717, 1.165) is 36.3 Å². The molecule has 6 heteroatoms. The van der Waals surface area contributed by atoms with E-state index in [0.29, 0.717) is 29.5 Å². The molecule has 1 saturated heterocycles. The second-order valence-electron chi connectivity index (χ2n) is 10.1. The first-order valence-corrected chi connectivity index (χ1v) is 13.8. The van der Waals surface area contributed by atoms with Crippen molar-refractivity contribution < 1.29 is 19.4 Å². The van der Waals surface area contributed by atoms with Crippen LogP contribution in [0.3, 0.4) is 0 Å². The number of amides is 1. The minimum absolute atomic E-state index is 0.0659. The summed E-state index contributed by atoms with van der Waals surface area (Å²) < 4.78 is 5.75. The number of nitrogens with zero attached hydrogens (tertiary/aromatic N) is 2. The van der Waals surface area contributed by atoms with E-state index in [1.54, 1.807) is 18.2 Å². The molecule has 3 aromatic rings. The summed E-state index contributed by atoms with van der Waals surface area (Å²) in [6, 6.07) is 21.8. The zero-order valence-electron chi connectivity index (χ0n) is 23.5. The number of hydrogen-bond acceptors (Lipinski definition) is 5. The van der Waals surface area contributed by atoms with Gasteiger partial charge in [-0.25, -0.2) is 0 Å². The quantitative estimate of drug-likeness (QED) is 0.174. The van der Waals surface area contributed by atoms with E-state index < -0.39 is 17.7 Å². The highest BCUT2D eigenvalue weighted by Gasteiger charge is 2.47. The second-order valence-corrected chi connectivity index (χ2v) is 10.1. The van der Waals surface area contributed by atoms with Crippen molar-refractivity contribution in [1.82, 2.24) is 0 Å². The summed E-state index contributed by atoms with van der Waals surface area (Å²) in [5, 5.41) is 11.5. The van der Waals surface area contributed by atoms with E-state index in [4.69, 9.17) is 4.74 Å². The predicted octanol–water partition coefficient (Wildman–Crippen LogP) is 7.07. The van der Waals surface area contributed by atoms with E-state index in [-0.39, 0.29) is 11.3 Å². The van der Waals surface area contributed by atoms with Crippen LogP contribution in [0.25, 0.3) is 5.76 Å². The van der Waals surface area contributed by atoms with E-state index in [1.807, 2.05) is 61.5 Å². The zero-order chi connectivity index (χ0) is 28.1. The molecule has 0 aromatic heterocycles. The van der Waals surface area contributed by atoms with E-state index in [2.05, 4.69) is 32.6 Å². The lowest BCUT2D eigenvalue weighted by molar-refractivity contribution is -0.132. The highest BCUT2D eigenvalue weighted by atomic mass is 16.5. The predicted molar refractivity (Wildman–Crippen MR) is 158 cm³/mol. The molecule has 1 atom stereocenters. The fourth-order valence-electron chi connectivity index (χ4n) is 5.00. The van der Waals surface area contributed by atoms with E-state index in [1.165, 1.54) is 4.90 Å². The van der Waals surface area contributed by atoms with Crippen molar-refractivity contribution in [2.75, 3.05) is 29.5 Å². The number of rotatable bonds is 10. The molecule has 1 heterocycles. The third-order valence-electron chi connectivity index (χ3n) is 7.20. The smallest absolute Gasteiger partial charge is 0.300 e. The van der Waals surface area contributed by atoms with Crippen molar-refractivity contribution in [2.45, 2.75) is 53.0 Å². The molecule has 3 aromatic carbocycles. The van der Waals surface area contributed by atoms with Gasteiger partial charge in [-0.3, -0.25) is 14.5 Å². The van der Waals surface area contributed by atoms with Gasteiger partial charge in [0.2, 0.25) is 0 Å². The maximum absolute atomic E-state index is 13.5. The van der Waals surface area contributed by atoms with Gasteiger partial charge in [-0.1, -0.05) is 57.2 Å². The van der Waals surface area contributed by atoms with Crippen molar-refractivity contribution in [3.8, 4) is 5.75 Å². The van der Waals surface area contributed by atoms with E-state index in [9.17, 15) is 14.7 Å². The molecule has 0 radical (unpaired) electrons. The third-order valence-corrected chi connectivity index (χ3v) is 7.20. The lowest BCUT2D eigenvalue weighted by atomic mass is 9.94. The molecule has 1 aliphatic rings. The Hall–Kier alpha value is -4.06. The average molecular weight is 527 g/mol. The van der Waals surface area contributed by atoms with Gasteiger partial charge < -0.3 is 14.7 Å². The minimum Gasteiger partial charge on any atom is -0.507 e. The van der Waals surface area contributed by atoms with Crippen LogP contribution in [0.1, 0.15) is 69.7 Å². The van der Waals surface area contributed by atoms with Gasteiger partial charge >= 0.3 is 0 Å². The van der Waals surface area contributed by atoms with Gasteiger partial charge in [0, 0.05) is 30.0 Å². The maximum Gasteiger partial charge on any atom is 0.300 e. The molecular weight excluding hydrogens is 488 g/mol. The molecule has 4 rings (SSSR count). The summed E-state index contributed by atoms with van der Waals surface area (Å²) in [5.74, 6) is -0.655. The van der Waals surface area contributed by atoms with Gasteiger partial charge in [0.15, 0.2) is 0 Å². The summed E-state index contributed by atoms with van der Waals surface area (Å²) >= 11 is 0. The first kappa shape index (κ1) is 28.0. The molecule has 39 heavy (non-hydrogen) atoms. The van der Waals surface area contributed by atoms with Crippen LogP contribution in [0.15, 0.2) is 78.4 Å². The van der Waals surface area contributed by atoms with Gasteiger partial charge in [-0.05, 0) is 73.7 Å². The monoisotopic (exact) mass is 526 g/mol. The Bertz CT molecular complexity index is 1340. The summed E-state index contributed by atoms with van der Waals surface area (Å²) in [7, 11) is 0. The number of aliphatic hydroxyl groups is 1. The number of anilines is 2. The van der Waals surface area contributed by atoms with Crippen LogP contribution in [-0.2, 0) is 9.59 Å². The Morgan fingerprint density at radius 1 is 0.949 bits per heavy atom. The largest absolute Gasteiger partial charge is 0.507 e. The molecule has 6 nitrogen and oxygen atoms in total.